The summed E-state index contributed by atoms with van der Waals surface area (Å²) in [5.41, 5.74) is -0.520. The molecule has 7 nitrogen and oxygen atoms in total. The van der Waals surface area contributed by atoms with Crippen LogP contribution in [0, 0.1) is 12.3 Å². The third kappa shape index (κ3) is 2.45. The maximum absolute atomic E-state index is 10.9. The van der Waals surface area contributed by atoms with Crippen LogP contribution in [0.4, 0.5) is 0 Å². The standard InChI is InChI=1S/C18H20ClN3O4/c1-2-18(25)14(24)12(8-23)26-17(18)22-7-11(10-5-3-4-6-10)13-15(19)20-9-21-16(13)22/h1,7,9-10,12,14,17,23-25H,3-6,8H2/t12-,14-,17-,18-/m1/s1. The minimum Gasteiger partial charge on any atom is -0.394 e. The number of ether oxygens (including phenoxy) is 1. The van der Waals surface area contributed by atoms with Crippen LogP contribution in [-0.2, 0) is 4.74 Å². The van der Waals surface area contributed by atoms with E-state index in [1.54, 1.807) is 4.57 Å². The number of rotatable bonds is 3. The smallest absolute Gasteiger partial charge is 0.199 e. The second kappa shape index (κ2) is 6.48. The molecule has 4 rings (SSSR count). The number of aromatic nitrogens is 3. The molecule has 2 aliphatic rings. The molecule has 0 bridgehead atoms. The molecule has 4 atom stereocenters. The fourth-order valence-corrected chi connectivity index (χ4v) is 4.39. The van der Waals surface area contributed by atoms with Crippen molar-refractivity contribution < 1.29 is 20.1 Å². The summed E-state index contributed by atoms with van der Waals surface area (Å²) in [7, 11) is 0. The van der Waals surface area contributed by atoms with Crippen molar-refractivity contribution in [3.63, 3.8) is 0 Å². The quantitative estimate of drug-likeness (QED) is 0.551. The summed E-state index contributed by atoms with van der Waals surface area (Å²) in [5.74, 6) is 2.55. The van der Waals surface area contributed by atoms with Crippen molar-refractivity contribution in [1.29, 1.82) is 0 Å². The molecular weight excluding hydrogens is 358 g/mol. The lowest BCUT2D eigenvalue weighted by atomic mass is 9.95. The monoisotopic (exact) mass is 377 g/mol. The Kier molecular flexibility index (Phi) is 4.41. The molecule has 2 fully saturated rings. The fraction of sp³-hybridized carbons (Fsp3) is 0.556. The van der Waals surface area contributed by atoms with Crippen LogP contribution in [-0.4, -0.2) is 54.3 Å². The second-order valence-electron chi connectivity index (χ2n) is 6.96. The molecule has 1 aliphatic carbocycles. The number of hydrogen-bond donors (Lipinski definition) is 3. The van der Waals surface area contributed by atoms with E-state index in [1.807, 2.05) is 6.20 Å². The van der Waals surface area contributed by atoms with E-state index in [-0.39, 0.29) is 0 Å². The first-order valence-electron chi connectivity index (χ1n) is 8.66. The molecule has 0 spiro atoms. The molecule has 0 radical (unpaired) electrons. The Balaban J connectivity index is 1.89. The topological polar surface area (TPSA) is 101 Å². The Bertz CT molecular complexity index is 873. The number of hydrogen-bond acceptors (Lipinski definition) is 6. The highest BCUT2D eigenvalue weighted by Gasteiger charge is 2.55. The van der Waals surface area contributed by atoms with Gasteiger partial charge in [-0.3, -0.25) is 0 Å². The van der Waals surface area contributed by atoms with Gasteiger partial charge in [-0.1, -0.05) is 30.4 Å². The molecule has 1 aliphatic heterocycles. The molecule has 0 amide bonds. The van der Waals surface area contributed by atoms with Gasteiger partial charge in [0.2, 0.25) is 0 Å². The van der Waals surface area contributed by atoms with E-state index >= 15 is 0 Å². The van der Waals surface area contributed by atoms with Crippen molar-refractivity contribution in [3.05, 3.63) is 23.2 Å². The number of aliphatic hydroxyl groups excluding tert-OH is 2. The summed E-state index contributed by atoms with van der Waals surface area (Å²) in [5, 5.41) is 31.7. The number of terminal acetylenes is 1. The molecule has 3 heterocycles. The molecule has 0 unspecified atom stereocenters. The van der Waals surface area contributed by atoms with E-state index in [9.17, 15) is 15.3 Å². The van der Waals surface area contributed by atoms with Gasteiger partial charge >= 0.3 is 0 Å². The van der Waals surface area contributed by atoms with Crippen LogP contribution < -0.4 is 0 Å². The highest BCUT2D eigenvalue weighted by atomic mass is 35.5. The highest BCUT2D eigenvalue weighted by Crippen LogP contribution is 2.44. The first-order valence-corrected chi connectivity index (χ1v) is 9.04. The van der Waals surface area contributed by atoms with Gasteiger partial charge in [0.1, 0.15) is 29.3 Å². The Labute approximate surface area is 155 Å². The number of nitrogens with zero attached hydrogens (tertiary/aromatic N) is 3. The summed E-state index contributed by atoms with van der Waals surface area (Å²) >= 11 is 6.35. The van der Waals surface area contributed by atoms with Crippen LogP contribution in [0.3, 0.4) is 0 Å². The maximum atomic E-state index is 10.9. The van der Waals surface area contributed by atoms with Gasteiger partial charge in [0.05, 0.1) is 12.0 Å². The third-order valence-corrected chi connectivity index (χ3v) is 5.82. The van der Waals surface area contributed by atoms with Crippen molar-refractivity contribution >= 4 is 22.6 Å². The van der Waals surface area contributed by atoms with E-state index in [2.05, 4.69) is 15.9 Å². The van der Waals surface area contributed by atoms with Crippen molar-refractivity contribution in [3.8, 4) is 12.3 Å². The Hall–Kier alpha value is -1.69. The molecule has 8 heteroatoms. The Morgan fingerprint density at radius 1 is 1.38 bits per heavy atom. The molecule has 1 saturated carbocycles. The molecule has 138 valence electrons. The van der Waals surface area contributed by atoms with E-state index in [0.717, 1.165) is 31.2 Å². The van der Waals surface area contributed by atoms with E-state index in [1.165, 1.54) is 6.33 Å². The van der Waals surface area contributed by atoms with Gasteiger partial charge in [0.15, 0.2) is 11.8 Å². The second-order valence-corrected chi connectivity index (χ2v) is 7.32. The van der Waals surface area contributed by atoms with Crippen LogP contribution >= 0.6 is 11.6 Å². The van der Waals surface area contributed by atoms with Crippen LogP contribution in [0.2, 0.25) is 5.15 Å². The zero-order chi connectivity index (χ0) is 18.5. The molecule has 0 aromatic carbocycles. The van der Waals surface area contributed by atoms with E-state index in [4.69, 9.17) is 22.8 Å². The number of fused-ring (bicyclic) bond motifs is 1. The van der Waals surface area contributed by atoms with Crippen LogP contribution in [0.1, 0.15) is 43.4 Å². The lowest BCUT2D eigenvalue weighted by Gasteiger charge is -2.26. The lowest BCUT2D eigenvalue weighted by Crippen LogP contribution is -2.45. The molecule has 2 aromatic heterocycles. The normalized spacial score (nSPS) is 32.3. The Morgan fingerprint density at radius 3 is 2.77 bits per heavy atom. The maximum Gasteiger partial charge on any atom is 0.199 e. The van der Waals surface area contributed by atoms with Gasteiger partial charge in [-0.25, -0.2) is 9.97 Å². The van der Waals surface area contributed by atoms with Crippen LogP contribution in [0.15, 0.2) is 12.5 Å². The predicted molar refractivity (Wildman–Crippen MR) is 94.5 cm³/mol. The average molecular weight is 378 g/mol. The molecule has 2 aromatic rings. The number of halogens is 1. The van der Waals surface area contributed by atoms with Crippen molar-refractivity contribution in [2.75, 3.05) is 6.61 Å². The van der Waals surface area contributed by atoms with Gasteiger partial charge in [0, 0.05) is 6.20 Å². The summed E-state index contributed by atoms with van der Waals surface area (Å²) in [6.07, 6.45) is 9.53. The van der Waals surface area contributed by atoms with Gasteiger partial charge in [0.25, 0.3) is 0 Å². The van der Waals surface area contributed by atoms with Gasteiger partial charge in [-0.15, -0.1) is 6.42 Å². The molecule has 26 heavy (non-hydrogen) atoms. The van der Waals surface area contributed by atoms with Crippen molar-refractivity contribution in [2.45, 2.75) is 55.6 Å². The highest BCUT2D eigenvalue weighted by molar-refractivity contribution is 6.34. The Morgan fingerprint density at radius 2 is 2.12 bits per heavy atom. The van der Waals surface area contributed by atoms with Crippen LogP contribution in [0.25, 0.3) is 11.0 Å². The summed E-state index contributed by atoms with van der Waals surface area (Å²) in [6.45, 7) is -0.466. The average Bonchev–Trinajstić information content (AvgIpc) is 3.34. The zero-order valence-corrected chi connectivity index (χ0v) is 14.8. The van der Waals surface area contributed by atoms with Gasteiger partial charge in [-0.05, 0) is 24.3 Å². The summed E-state index contributed by atoms with van der Waals surface area (Å²) in [6, 6.07) is 0. The largest absolute Gasteiger partial charge is 0.394 e. The fourth-order valence-electron chi connectivity index (χ4n) is 4.15. The SMILES string of the molecule is C#C[C@@]1(O)[C@H](O)[C@@H](CO)O[C@H]1n1cc(C2CCCC2)c2c(Cl)ncnc21. The number of aliphatic hydroxyl groups is 3. The predicted octanol–water partition coefficient (Wildman–Crippen LogP) is 1.36. The van der Waals surface area contributed by atoms with Crippen molar-refractivity contribution in [2.24, 2.45) is 0 Å². The van der Waals surface area contributed by atoms with E-state index in [0.29, 0.717) is 22.1 Å². The summed E-state index contributed by atoms with van der Waals surface area (Å²) < 4.78 is 7.31. The zero-order valence-electron chi connectivity index (χ0n) is 14.0. The minimum absolute atomic E-state index is 0.321. The molecular formula is C18H20ClN3O4. The molecule has 1 saturated heterocycles. The van der Waals surface area contributed by atoms with Crippen LogP contribution in [0.5, 0.6) is 0 Å². The first kappa shape index (κ1) is 17.7. The molecule has 3 N–H and O–H groups in total. The van der Waals surface area contributed by atoms with Crippen molar-refractivity contribution in [1.82, 2.24) is 14.5 Å². The van der Waals surface area contributed by atoms with Gasteiger partial charge < -0.3 is 24.6 Å². The lowest BCUT2D eigenvalue weighted by molar-refractivity contribution is -0.0719. The third-order valence-electron chi connectivity index (χ3n) is 5.53. The summed E-state index contributed by atoms with van der Waals surface area (Å²) in [4.78, 5) is 8.41. The van der Waals surface area contributed by atoms with E-state index < -0.39 is 30.6 Å². The van der Waals surface area contributed by atoms with Gasteiger partial charge in [-0.2, -0.15) is 0 Å². The first-order chi connectivity index (χ1) is 12.5. The minimum atomic E-state index is -2.00.